The third-order valence-corrected chi connectivity index (χ3v) is 2.96. The summed E-state index contributed by atoms with van der Waals surface area (Å²) in [6.07, 6.45) is 5.41. The summed E-state index contributed by atoms with van der Waals surface area (Å²) in [7, 11) is 0. The Morgan fingerprint density at radius 2 is 2.29 bits per heavy atom. The maximum absolute atomic E-state index is 10.7. The van der Waals surface area contributed by atoms with Gasteiger partial charge in [-0.2, -0.15) is 0 Å². The second-order valence-electron chi connectivity index (χ2n) is 3.24. The number of rotatable bonds is 6. The van der Waals surface area contributed by atoms with Crippen molar-refractivity contribution in [2.75, 3.05) is 0 Å². The summed E-state index contributed by atoms with van der Waals surface area (Å²) in [5.74, 6) is -0.849. The highest BCUT2D eigenvalue weighted by atomic mass is 32.1. The molecule has 1 aromatic heterocycles. The van der Waals surface area contributed by atoms with Crippen LogP contribution in [0.1, 0.15) is 48.0 Å². The van der Waals surface area contributed by atoms with Crippen molar-refractivity contribution in [3.8, 4) is 0 Å². The molecule has 0 bridgehead atoms. The molecular weight excluding hydrogens is 198 g/mol. The summed E-state index contributed by atoms with van der Waals surface area (Å²) in [4.78, 5) is 15.2. The average Bonchev–Trinajstić information content (AvgIpc) is 2.60. The second kappa shape index (κ2) is 5.75. The third-order valence-electron chi connectivity index (χ3n) is 2.10. The van der Waals surface area contributed by atoms with Gasteiger partial charge in [-0.3, -0.25) is 0 Å². The fourth-order valence-electron chi connectivity index (χ4n) is 1.34. The molecule has 1 N–H and O–H groups in total. The third kappa shape index (κ3) is 3.10. The van der Waals surface area contributed by atoms with Crippen LogP contribution in [0.25, 0.3) is 0 Å². The molecule has 14 heavy (non-hydrogen) atoms. The van der Waals surface area contributed by atoms with Gasteiger partial charge < -0.3 is 5.11 Å². The summed E-state index contributed by atoms with van der Waals surface area (Å²) >= 11 is 1.21. The van der Waals surface area contributed by atoms with Crippen molar-refractivity contribution in [1.82, 2.24) is 4.98 Å². The van der Waals surface area contributed by atoms with Gasteiger partial charge in [-0.25, -0.2) is 9.78 Å². The number of nitrogens with zero attached hydrogens (tertiary/aromatic N) is 1. The topological polar surface area (TPSA) is 50.2 Å². The van der Waals surface area contributed by atoms with Crippen molar-refractivity contribution in [2.45, 2.75) is 39.0 Å². The van der Waals surface area contributed by atoms with E-state index in [0.29, 0.717) is 4.88 Å². The van der Waals surface area contributed by atoms with Crippen LogP contribution in [0.15, 0.2) is 5.51 Å². The van der Waals surface area contributed by atoms with Crippen molar-refractivity contribution in [1.29, 1.82) is 0 Å². The first-order valence-electron chi connectivity index (χ1n) is 4.91. The highest BCUT2D eigenvalue weighted by Crippen LogP contribution is 2.16. The second-order valence-corrected chi connectivity index (χ2v) is 4.10. The Balaban J connectivity index is 2.42. The predicted molar refractivity (Wildman–Crippen MR) is 56.9 cm³/mol. The lowest BCUT2D eigenvalue weighted by molar-refractivity contribution is 0.0700. The zero-order chi connectivity index (χ0) is 10.4. The van der Waals surface area contributed by atoms with Crippen LogP contribution in [0, 0.1) is 0 Å². The molecule has 1 heterocycles. The van der Waals surface area contributed by atoms with Gasteiger partial charge in [-0.1, -0.05) is 26.2 Å². The van der Waals surface area contributed by atoms with Gasteiger partial charge in [0, 0.05) is 0 Å². The monoisotopic (exact) mass is 213 g/mol. The van der Waals surface area contributed by atoms with Crippen molar-refractivity contribution in [2.24, 2.45) is 0 Å². The molecule has 4 heteroatoms. The van der Waals surface area contributed by atoms with Gasteiger partial charge in [0.2, 0.25) is 0 Å². The number of hydrogen-bond acceptors (Lipinski definition) is 3. The molecule has 0 aliphatic heterocycles. The number of aryl methyl sites for hydroxylation is 1. The molecule has 1 aromatic rings. The Bertz CT molecular complexity index is 296. The van der Waals surface area contributed by atoms with E-state index < -0.39 is 5.97 Å². The number of carboxylic acid groups (broad SMARTS) is 1. The summed E-state index contributed by atoms with van der Waals surface area (Å²) in [6.45, 7) is 2.16. The van der Waals surface area contributed by atoms with Gasteiger partial charge >= 0.3 is 5.97 Å². The number of carboxylic acids is 1. The number of carbonyl (C=O) groups is 1. The highest BCUT2D eigenvalue weighted by Gasteiger charge is 2.12. The van der Waals surface area contributed by atoms with Crippen molar-refractivity contribution in [3.05, 3.63) is 16.1 Å². The normalized spacial score (nSPS) is 10.4. The summed E-state index contributed by atoms with van der Waals surface area (Å²) < 4.78 is 0. The molecule has 0 aliphatic rings. The standard InChI is InChI=1S/C10H15NO2S/c1-2-3-4-5-6-8-9(10(12)13)14-7-11-8/h7H,2-6H2,1H3,(H,12,13). The lowest BCUT2D eigenvalue weighted by Gasteiger charge is -1.98. The SMILES string of the molecule is CCCCCCc1ncsc1C(=O)O. The molecule has 0 radical (unpaired) electrons. The molecule has 0 aliphatic carbocycles. The van der Waals surface area contributed by atoms with Gasteiger partial charge in [0.05, 0.1) is 11.2 Å². The van der Waals surface area contributed by atoms with Crippen molar-refractivity contribution >= 4 is 17.3 Å². The molecule has 78 valence electrons. The molecule has 0 saturated carbocycles. The Labute approximate surface area is 87.8 Å². The van der Waals surface area contributed by atoms with Gasteiger partial charge in [0.15, 0.2) is 0 Å². The molecule has 0 aromatic carbocycles. The first kappa shape index (κ1) is 11.2. The van der Waals surface area contributed by atoms with Crippen LogP contribution in [-0.4, -0.2) is 16.1 Å². The maximum Gasteiger partial charge on any atom is 0.347 e. The molecular formula is C10H15NO2S. The lowest BCUT2D eigenvalue weighted by Crippen LogP contribution is -1.99. The van der Waals surface area contributed by atoms with Gasteiger partial charge in [0.1, 0.15) is 4.88 Å². The molecule has 3 nitrogen and oxygen atoms in total. The van der Waals surface area contributed by atoms with E-state index in [4.69, 9.17) is 5.11 Å². The van der Waals surface area contributed by atoms with Gasteiger partial charge in [-0.15, -0.1) is 11.3 Å². The van der Waals surface area contributed by atoms with E-state index in [1.165, 1.54) is 24.2 Å². The summed E-state index contributed by atoms with van der Waals surface area (Å²) in [5, 5.41) is 8.83. The van der Waals surface area contributed by atoms with Crippen LogP contribution < -0.4 is 0 Å². The zero-order valence-electron chi connectivity index (χ0n) is 8.32. The average molecular weight is 213 g/mol. The van der Waals surface area contributed by atoms with E-state index in [0.717, 1.165) is 25.0 Å². The zero-order valence-corrected chi connectivity index (χ0v) is 9.14. The number of hydrogen-bond donors (Lipinski definition) is 1. The van der Waals surface area contributed by atoms with Crippen LogP contribution in [0.4, 0.5) is 0 Å². The first-order chi connectivity index (χ1) is 6.75. The van der Waals surface area contributed by atoms with Crippen LogP contribution in [0.2, 0.25) is 0 Å². The number of aromatic nitrogens is 1. The fourth-order valence-corrected chi connectivity index (χ4v) is 2.02. The Kier molecular flexibility index (Phi) is 4.59. The summed E-state index contributed by atoms with van der Waals surface area (Å²) in [5.41, 5.74) is 2.36. The molecule has 0 saturated heterocycles. The van der Waals surface area contributed by atoms with Crippen LogP contribution in [-0.2, 0) is 6.42 Å². The van der Waals surface area contributed by atoms with Crippen LogP contribution >= 0.6 is 11.3 Å². The summed E-state index contributed by atoms with van der Waals surface area (Å²) in [6, 6.07) is 0. The van der Waals surface area contributed by atoms with Crippen LogP contribution in [0.5, 0.6) is 0 Å². The first-order valence-corrected chi connectivity index (χ1v) is 5.79. The fraction of sp³-hybridized carbons (Fsp3) is 0.600. The lowest BCUT2D eigenvalue weighted by atomic mass is 10.1. The molecule has 0 amide bonds. The largest absolute Gasteiger partial charge is 0.477 e. The molecule has 1 rings (SSSR count). The minimum atomic E-state index is -0.849. The van der Waals surface area contributed by atoms with Gasteiger partial charge in [-0.05, 0) is 12.8 Å². The minimum absolute atomic E-state index is 0.404. The van der Waals surface area contributed by atoms with E-state index in [-0.39, 0.29) is 0 Å². The maximum atomic E-state index is 10.7. The van der Waals surface area contributed by atoms with E-state index >= 15 is 0 Å². The van der Waals surface area contributed by atoms with E-state index in [2.05, 4.69) is 11.9 Å². The number of thiazole rings is 1. The number of unbranched alkanes of at least 4 members (excludes halogenated alkanes) is 3. The predicted octanol–water partition coefficient (Wildman–Crippen LogP) is 2.96. The molecule has 0 atom stereocenters. The Morgan fingerprint density at radius 3 is 2.93 bits per heavy atom. The van der Waals surface area contributed by atoms with Crippen LogP contribution in [0.3, 0.4) is 0 Å². The van der Waals surface area contributed by atoms with Crippen molar-refractivity contribution < 1.29 is 9.90 Å². The highest BCUT2D eigenvalue weighted by molar-refractivity contribution is 7.11. The minimum Gasteiger partial charge on any atom is -0.477 e. The Hall–Kier alpha value is -0.900. The van der Waals surface area contributed by atoms with Gasteiger partial charge in [0.25, 0.3) is 0 Å². The van der Waals surface area contributed by atoms with E-state index in [1.807, 2.05) is 0 Å². The Morgan fingerprint density at radius 1 is 1.50 bits per heavy atom. The smallest absolute Gasteiger partial charge is 0.347 e. The number of aromatic carboxylic acids is 1. The van der Waals surface area contributed by atoms with E-state index in [1.54, 1.807) is 5.51 Å². The van der Waals surface area contributed by atoms with E-state index in [9.17, 15) is 4.79 Å². The van der Waals surface area contributed by atoms with Crippen molar-refractivity contribution in [3.63, 3.8) is 0 Å². The quantitative estimate of drug-likeness (QED) is 0.739. The molecule has 0 fully saturated rings. The molecule has 0 spiro atoms. The molecule has 0 unspecified atom stereocenters.